The number of nitriles is 1. The van der Waals surface area contributed by atoms with E-state index in [1.54, 1.807) is 25.3 Å². The van der Waals surface area contributed by atoms with Gasteiger partial charge in [-0.25, -0.2) is 4.39 Å². The summed E-state index contributed by atoms with van der Waals surface area (Å²) in [5, 5.41) is 10.2. The molecule has 1 heterocycles. The molecule has 0 spiro atoms. The molecule has 9 heteroatoms. The van der Waals surface area contributed by atoms with Crippen LogP contribution in [0.4, 0.5) is 4.39 Å². The fraction of sp³-hybridized carbons (Fsp3) is 0.379. The lowest BCUT2D eigenvalue weighted by molar-refractivity contribution is -0.118. The Balaban J connectivity index is 1.79. The minimum absolute atomic E-state index is 0.00403. The Hall–Kier alpha value is -3.35. The van der Waals surface area contributed by atoms with Crippen LogP contribution in [0.1, 0.15) is 43.7 Å². The fourth-order valence-corrected chi connectivity index (χ4v) is 5.70. The van der Waals surface area contributed by atoms with Crippen molar-refractivity contribution in [3.8, 4) is 17.6 Å². The highest BCUT2D eigenvalue weighted by Crippen LogP contribution is 2.50. The number of allylic oxidation sites excluding steroid dienone is 3. The number of ketones is 1. The summed E-state index contributed by atoms with van der Waals surface area (Å²) in [5.41, 5.74) is 9.55. The molecule has 7 nitrogen and oxygen atoms in total. The van der Waals surface area contributed by atoms with Gasteiger partial charge in [0, 0.05) is 31.3 Å². The van der Waals surface area contributed by atoms with Gasteiger partial charge in [-0.2, -0.15) is 5.26 Å². The molecule has 1 aliphatic carbocycles. The third-order valence-corrected chi connectivity index (χ3v) is 7.48. The van der Waals surface area contributed by atoms with Gasteiger partial charge in [0.25, 0.3) is 0 Å². The average molecular weight is 584 g/mol. The normalized spacial score (nSPS) is 18.8. The predicted molar refractivity (Wildman–Crippen MR) is 145 cm³/mol. The number of hydrogen-bond donors (Lipinski definition) is 1. The summed E-state index contributed by atoms with van der Waals surface area (Å²) in [5.74, 6) is 0.244. The second-order valence-electron chi connectivity index (χ2n) is 10.2. The van der Waals surface area contributed by atoms with Crippen LogP contribution in [0, 0.1) is 22.6 Å². The zero-order chi connectivity index (χ0) is 27.6. The minimum atomic E-state index is -0.645. The standard InChI is InChI=1S/C29H31BrFN3O4/c1-29(2)13-22-26(23(35)14-29)25(20(15-32)28(33)34(22)9-10-36-3)18-11-21(30)27(24(12-18)37-4)38-16-17-5-7-19(31)8-6-17/h5-8,11-12,25H,9-10,13-14,16,33H2,1-4H3/t25-/m0/s1. The third-order valence-electron chi connectivity index (χ3n) is 6.89. The number of hydrogen-bond acceptors (Lipinski definition) is 7. The molecule has 0 saturated heterocycles. The van der Waals surface area contributed by atoms with E-state index in [1.807, 2.05) is 11.0 Å². The predicted octanol–water partition coefficient (Wildman–Crippen LogP) is 5.56. The summed E-state index contributed by atoms with van der Waals surface area (Å²) in [6.45, 7) is 5.15. The van der Waals surface area contributed by atoms with Crippen molar-refractivity contribution in [1.82, 2.24) is 4.90 Å². The van der Waals surface area contributed by atoms with E-state index in [0.717, 1.165) is 11.3 Å². The van der Waals surface area contributed by atoms with E-state index in [4.69, 9.17) is 19.9 Å². The molecule has 1 atom stereocenters. The number of carbonyl (C=O) groups excluding carboxylic acids is 1. The van der Waals surface area contributed by atoms with Crippen LogP contribution in [0.5, 0.6) is 11.5 Å². The monoisotopic (exact) mass is 583 g/mol. The lowest BCUT2D eigenvalue weighted by atomic mass is 9.68. The Labute approximate surface area is 230 Å². The summed E-state index contributed by atoms with van der Waals surface area (Å²) in [4.78, 5) is 15.5. The van der Waals surface area contributed by atoms with Gasteiger partial charge in [0.2, 0.25) is 0 Å². The quantitative estimate of drug-likeness (QED) is 0.434. The van der Waals surface area contributed by atoms with Crippen LogP contribution in [-0.4, -0.2) is 38.1 Å². The molecule has 2 N–H and O–H groups in total. The number of benzene rings is 2. The number of nitrogens with zero attached hydrogens (tertiary/aromatic N) is 2. The van der Waals surface area contributed by atoms with E-state index < -0.39 is 5.92 Å². The lowest BCUT2D eigenvalue weighted by Gasteiger charge is -2.43. The number of ether oxygens (including phenoxy) is 3. The van der Waals surface area contributed by atoms with Crippen molar-refractivity contribution in [2.75, 3.05) is 27.4 Å². The van der Waals surface area contributed by atoms with E-state index >= 15 is 0 Å². The molecule has 2 aliphatic rings. The highest BCUT2D eigenvalue weighted by atomic mass is 79.9. The van der Waals surface area contributed by atoms with Crippen molar-refractivity contribution in [1.29, 1.82) is 5.26 Å². The minimum Gasteiger partial charge on any atom is -0.493 e. The van der Waals surface area contributed by atoms with Crippen LogP contribution < -0.4 is 15.2 Å². The summed E-state index contributed by atoms with van der Waals surface area (Å²) < 4.78 is 30.8. The first-order valence-corrected chi connectivity index (χ1v) is 13.1. The van der Waals surface area contributed by atoms with Gasteiger partial charge in [0.15, 0.2) is 17.3 Å². The van der Waals surface area contributed by atoms with Crippen LogP contribution in [0.25, 0.3) is 0 Å². The Bertz CT molecular complexity index is 1340. The zero-order valence-corrected chi connectivity index (χ0v) is 23.5. The van der Waals surface area contributed by atoms with E-state index in [2.05, 4.69) is 35.8 Å². The second kappa shape index (κ2) is 11.2. The number of rotatable bonds is 8. The maximum Gasteiger partial charge on any atom is 0.175 e. The fourth-order valence-electron chi connectivity index (χ4n) is 5.13. The maximum absolute atomic E-state index is 13.6. The van der Waals surface area contributed by atoms with Crippen molar-refractivity contribution in [2.24, 2.45) is 11.1 Å². The van der Waals surface area contributed by atoms with Crippen LogP contribution in [-0.2, 0) is 16.1 Å². The van der Waals surface area contributed by atoms with Crippen molar-refractivity contribution < 1.29 is 23.4 Å². The molecule has 0 aromatic heterocycles. The van der Waals surface area contributed by atoms with Crippen LogP contribution in [0.3, 0.4) is 0 Å². The summed E-state index contributed by atoms with van der Waals surface area (Å²) in [6, 6.07) is 11.9. The Morgan fingerprint density at radius 2 is 1.92 bits per heavy atom. The van der Waals surface area contributed by atoms with Crippen molar-refractivity contribution in [3.63, 3.8) is 0 Å². The van der Waals surface area contributed by atoms with Crippen molar-refractivity contribution in [3.05, 3.63) is 80.5 Å². The van der Waals surface area contributed by atoms with Gasteiger partial charge < -0.3 is 24.8 Å². The van der Waals surface area contributed by atoms with E-state index in [0.29, 0.717) is 64.5 Å². The van der Waals surface area contributed by atoms with Crippen LogP contribution >= 0.6 is 15.9 Å². The molecular weight excluding hydrogens is 553 g/mol. The molecule has 2 aromatic carbocycles. The van der Waals surface area contributed by atoms with E-state index in [9.17, 15) is 14.4 Å². The van der Waals surface area contributed by atoms with Crippen LogP contribution in [0.2, 0.25) is 0 Å². The molecule has 2 aromatic rings. The third kappa shape index (κ3) is 5.42. The van der Waals surface area contributed by atoms with E-state index in [1.165, 1.54) is 19.2 Å². The molecule has 0 amide bonds. The van der Waals surface area contributed by atoms with Gasteiger partial charge in [-0.1, -0.05) is 26.0 Å². The highest BCUT2D eigenvalue weighted by molar-refractivity contribution is 9.10. The first-order chi connectivity index (χ1) is 18.1. The Kier molecular flexibility index (Phi) is 8.14. The van der Waals surface area contributed by atoms with Gasteiger partial charge in [-0.05, 0) is 63.2 Å². The number of carbonyl (C=O) groups is 1. The topological polar surface area (TPSA) is 97.8 Å². The van der Waals surface area contributed by atoms with Crippen molar-refractivity contribution >= 4 is 21.7 Å². The van der Waals surface area contributed by atoms with Gasteiger partial charge in [0.1, 0.15) is 18.2 Å². The number of methoxy groups -OCH3 is 2. The molecule has 4 rings (SSSR count). The average Bonchev–Trinajstić information content (AvgIpc) is 2.87. The SMILES string of the molecule is COCCN1C(N)=C(C#N)[C@H](c2cc(Br)c(OCc3ccc(F)cc3)c(OC)c2)C2=C1CC(C)(C)CC2=O. The smallest absolute Gasteiger partial charge is 0.175 e. The maximum atomic E-state index is 13.6. The Morgan fingerprint density at radius 1 is 1.21 bits per heavy atom. The lowest BCUT2D eigenvalue weighted by Crippen LogP contribution is -2.43. The molecular formula is C29H31BrFN3O4. The molecule has 200 valence electrons. The number of Topliss-reactive ketones (excluding diaryl/α,β-unsaturated/α-hetero) is 1. The molecule has 0 fully saturated rings. The first kappa shape index (κ1) is 27.7. The molecule has 0 saturated carbocycles. The van der Waals surface area contributed by atoms with Gasteiger partial charge in [-0.15, -0.1) is 0 Å². The largest absolute Gasteiger partial charge is 0.493 e. The molecule has 0 unspecified atom stereocenters. The van der Waals surface area contributed by atoms with Gasteiger partial charge >= 0.3 is 0 Å². The molecule has 1 aliphatic heterocycles. The Morgan fingerprint density at radius 3 is 2.55 bits per heavy atom. The summed E-state index contributed by atoms with van der Waals surface area (Å²) in [6.07, 6.45) is 1.01. The number of halogens is 2. The van der Waals surface area contributed by atoms with Gasteiger partial charge in [-0.3, -0.25) is 4.79 Å². The van der Waals surface area contributed by atoms with Crippen molar-refractivity contribution in [2.45, 2.75) is 39.2 Å². The highest BCUT2D eigenvalue weighted by Gasteiger charge is 2.44. The first-order valence-electron chi connectivity index (χ1n) is 12.3. The molecule has 0 bridgehead atoms. The molecule has 0 radical (unpaired) electrons. The second-order valence-corrected chi connectivity index (χ2v) is 11.1. The molecule has 38 heavy (non-hydrogen) atoms. The summed E-state index contributed by atoms with van der Waals surface area (Å²) in [7, 11) is 3.13. The summed E-state index contributed by atoms with van der Waals surface area (Å²) >= 11 is 3.59. The van der Waals surface area contributed by atoms with Crippen LogP contribution in [0.15, 0.2) is 63.5 Å². The number of nitrogens with two attached hydrogens (primary N) is 1. The zero-order valence-electron chi connectivity index (χ0n) is 21.9. The van der Waals surface area contributed by atoms with E-state index in [-0.39, 0.29) is 23.6 Å². The van der Waals surface area contributed by atoms with Gasteiger partial charge in [0.05, 0.1) is 35.7 Å².